The molecule has 0 aliphatic carbocycles. The first-order valence-electron chi connectivity index (χ1n) is 7.54. The first-order chi connectivity index (χ1) is 9.69. The van der Waals surface area contributed by atoms with Crippen molar-refractivity contribution in [1.82, 2.24) is 0 Å². The van der Waals surface area contributed by atoms with Gasteiger partial charge in [-0.15, -0.1) is 0 Å². The third kappa shape index (κ3) is 3.60. The number of epoxide rings is 1. The van der Waals surface area contributed by atoms with Gasteiger partial charge in [0.05, 0.1) is 13.2 Å². The van der Waals surface area contributed by atoms with Crippen molar-refractivity contribution in [3.8, 4) is 0 Å². The maximum absolute atomic E-state index is 11.9. The molecule has 3 heteroatoms. The Bertz CT molecular complexity index is 423. The molecular weight excluding hydrogens is 252 g/mol. The number of ether oxygens (including phenoxy) is 2. The fourth-order valence-electron chi connectivity index (χ4n) is 2.59. The summed E-state index contributed by atoms with van der Waals surface area (Å²) in [6.07, 6.45) is 4.36. The van der Waals surface area contributed by atoms with Gasteiger partial charge >= 0.3 is 5.97 Å². The van der Waals surface area contributed by atoms with Gasteiger partial charge in [0.25, 0.3) is 0 Å². The quantitative estimate of drug-likeness (QED) is 0.415. The Morgan fingerprint density at radius 3 is 2.65 bits per heavy atom. The molecule has 1 aromatic rings. The van der Waals surface area contributed by atoms with Crippen molar-refractivity contribution in [3.63, 3.8) is 0 Å². The number of rotatable bonds is 8. The summed E-state index contributed by atoms with van der Waals surface area (Å²) >= 11 is 0. The summed E-state index contributed by atoms with van der Waals surface area (Å²) in [6.45, 7) is 4.86. The maximum atomic E-state index is 11.9. The lowest BCUT2D eigenvalue weighted by Crippen LogP contribution is -2.34. The highest BCUT2D eigenvalue weighted by atomic mass is 16.6. The predicted octanol–water partition coefficient (Wildman–Crippen LogP) is 3.37. The van der Waals surface area contributed by atoms with Crippen LogP contribution in [0, 0.1) is 5.92 Å². The van der Waals surface area contributed by atoms with E-state index < -0.39 is 5.60 Å². The van der Waals surface area contributed by atoms with Crippen molar-refractivity contribution in [1.29, 1.82) is 0 Å². The van der Waals surface area contributed by atoms with E-state index in [0.717, 1.165) is 25.7 Å². The van der Waals surface area contributed by atoms with E-state index >= 15 is 0 Å². The summed E-state index contributed by atoms with van der Waals surface area (Å²) in [4.78, 5) is 11.9. The molecule has 110 valence electrons. The lowest BCUT2D eigenvalue weighted by atomic mass is 9.89. The lowest BCUT2D eigenvalue weighted by molar-refractivity contribution is -0.151. The number of esters is 1. The topological polar surface area (TPSA) is 38.8 Å². The molecule has 2 rings (SSSR count). The minimum atomic E-state index is -0.636. The maximum Gasteiger partial charge on any atom is 0.341 e. The van der Waals surface area contributed by atoms with E-state index in [-0.39, 0.29) is 11.9 Å². The molecule has 0 aromatic heterocycles. The fourth-order valence-corrected chi connectivity index (χ4v) is 2.59. The van der Waals surface area contributed by atoms with Gasteiger partial charge in [0.1, 0.15) is 0 Å². The van der Waals surface area contributed by atoms with E-state index in [1.807, 2.05) is 13.0 Å². The number of carbonyl (C=O) groups excluding carboxylic acids is 1. The summed E-state index contributed by atoms with van der Waals surface area (Å²) < 4.78 is 10.5. The number of unbranched alkanes of at least 4 members (excludes halogenated alkanes) is 1. The van der Waals surface area contributed by atoms with Crippen LogP contribution in [0.15, 0.2) is 30.3 Å². The summed E-state index contributed by atoms with van der Waals surface area (Å²) in [5, 5.41) is 0. The smallest absolute Gasteiger partial charge is 0.341 e. The first kappa shape index (κ1) is 15.0. The van der Waals surface area contributed by atoms with Gasteiger partial charge in [-0.25, -0.2) is 4.79 Å². The van der Waals surface area contributed by atoms with Crippen LogP contribution < -0.4 is 0 Å². The average molecular weight is 276 g/mol. The van der Waals surface area contributed by atoms with Gasteiger partial charge in [-0.05, 0) is 37.7 Å². The Labute approximate surface area is 121 Å². The SMILES string of the molecule is CCOC(=O)C1(C(C)CCCCc2ccccc2)CO1. The zero-order valence-electron chi connectivity index (χ0n) is 12.4. The van der Waals surface area contributed by atoms with Gasteiger partial charge in [-0.3, -0.25) is 0 Å². The molecule has 2 unspecified atom stereocenters. The summed E-state index contributed by atoms with van der Waals surface area (Å²) in [7, 11) is 0. The highest BCUT2D eigenvalue weighted by Gasteiger charge is 2.57. The standard InChI is InChI=1S/C17H24O3/c1-3-19-16(18)17(13-20-17)14(2)9-7-8-12-15-10-5-4-6-11-15/h4-6,10-11,14H,3,7-9,12-13H2,1-2H3. The molecular formula is C17H24O3. The molecule has 1 aliphatic rings. The molecule has 0 N–H and O–H groups in total. The van der Waals surface area contributed by atoms with Crippen molar-refractivity contribution in [2.24, 2.45) is 5.92 Å². The molecule has 0 spiro atoms. The molecule has 0 bridgehead atoms. The molecule has 3 nitrogen and oxygen atoms in total. The van der Waals surface area contributed by atoms with Gasteiger partial charge in [-0.1, -0.05) is 43.7 Å². The van der Waals surface area contributed by atoms with E-state index in [2.05, 4.69) is 31.2 Å². The molecule has 0 radical (unpaired) electrons. The van der Waals surface area contributed by atoms with Crippen LogP contribution in [0.25, 0.3) is 0 Å². The van der Waals surface area contributed by atoms with E-state index in [1.165, 1.54) is 5.56 Å². The van der Waals surface area contributed by atoms with Crippen LogP contribution in [-0.4, -0.2) is 24.8 Å². The lowest BCUT2D eigenvalue weighted by Gasteiger charge is -2.18. The van der Waals surface area contributed by atoms with E-state index in [4.69, 9.17) is 9.47 Å². The van der Waals surface area contributed by atoms with E-state index in [1.54, 1.807) is 0 Å². The Morgan fingerprint density at radius 1 is 1.35 bits per heavy atom. The highest BCUT2D eigenvalue weighted by molar-refractivity contribution is 5.82. The minimum Gasteiger partial charge on any atom is -0.464 e. The van der Waals surface area contributed by atoms with Crippen molar-refractivity contribution < 1.29 is 14.3 Å². The van der Waals surface area contributed by atoms with Crippen LogP contribution in [0.3, 0.4) is 0 Å². The van der Waals surface area contributed by atoms with E-state index in [9.17, 15) is 4.79 Å². The predicted molar refractivity (Wildman–Crippen MR) is 78.5 cm³/mol. The van der Waals surface area contributed by atoms with Crippen LogP contribution >= 0.6 is 0 Å². The van der Waals surface area contributed by atoms with Crippen LogP contribution in [0.2, 0.25) is 0 Å². The molecule has 0 saturated carbocycles. The number of hydrogen-bond donors (Lipinski definition) is 0. The summed E-state index contributed by atoms with van der Waals surface area (Å²) in [5.41, 5.74) is 0.742. The minimum absolute atomic E-state index is 0.185. The van der Waals surface area contributed by atoms with Crippen molar-refractivity contribution in [3.05, 3.63) is 35.9 Å². The third-order valence-corrected chi connectivity index (χ3v) is 4.07. The van der Waals surface area contributed by atoms with Crippen LogP contribution in [0.1, 0.15) is 38.7 Å². The normalized spacial score (nSPS) is 22.3. The molecule has 2 atom stereocenters. The largest absolute Gasteiger partial charge is 0.464 e. The van der Waals surface area contributed by atoms with Gasteiger partial charge in [-0.2, -0.15) is 0 Å². The Morgan fingerprint density at radius 2 is 2.05 bits per heavy atom. The summed E-state index contributed by atoms with van der Waals surface area (Å²) in [5.74, 6) is 0.0490. The summed E-state index contributed by atoms with van der Waals surface area (Å²) in [6, 6.07) is 10.5. The third-order valence-electron chi connectivity index (χ3n) is 4.07. The first-order valence-corrected chi connectivity index (χ1v) is 7.54. The Hall–Kier alpha value is -1.35. The molecule has 1 fully saturated rings. The molecule has 1 saturated heterocycles. The molecule has 1 heterocycles. The zero-order valence-corrected chi connectivity index (χ0v) is 12.4. The monoisotopic (exact) mass is 276 g/mol. The molecule has 1 aliphatic heterocycles. The molecule has 20 heavy (non-hydrogen) atoms. The second kappa shape index (κ2) is 6.89. The molecule has 1 aromatic carbocycles. The average Bonchev–Trinajstić information content (AvgIpc) is 3.26. The Balaban J connectivity index is 1.70. The fraction of sp³-hybridized carbons (Fsp3) is 0.588. The van der Waals surface area contributed by atoms with Gasteiger partial charge < -0.3 is 9.47 Å². The number of hydrogen-bond acceptors (Lipinski definition) is 3. The van der Waals surface area contributed by atoms with E-state index in [0.29, 0.717) is 13.2 Å². The Kier molecular flexibility index (Phi) is 5.18. The van der Waals surface area contributed by atoms with Crippen molar-refractivity contribution >= 4 is 5.97 Å². The number of aryl methyl sites for hydroxylation is 1. The van der Waals surface area contributed by atoms with Crippen molar-refractivity contribution in [2.45, 2.75) is 45.1 Å². The van der Waals surface area contributed by atoms with Gasteiger partial charge in [0.15, 0.2) is 5.60 Å². The van der Waals surface area contributed by atoms with Crippen LogP contribution in [0.4, 0.5) is 0 Å². The van der Waals surface area contributed by atoms with Crippen molar-refractivity contribution in [2.75, 3.05) is 13.2 Å². The number of benzene rings is 1. The van der Waals surface area contributed by atoms with Gasteiger partial charge in [0.2, 0.25) is 0 Å². The molecule has 0 amide bonds. The second-order valence-electron chi connectivity index (χ2n) is 5.53. The zero-order chi connectivity index (χ0) is 14.4. The second-order valence-corrected chi connectivity index (χ2v) is 5.53. The van der Waals surface area contributed by atoms with Crippen LogP contribution in [-0.2, 0) is 20.7 Å². The number of carbonyl (C=O) groups is 1. The van der Waals surface area contributed by atoms with Gasteiger partial charge in [0, 0.05) is 0 Å². The van der Waals surface area contributed by atoms with Crippen LogP contribution in [0.5, 0.6) is 0 Å². The highest BCUT2D eigenvalue weighted by Crippen LogP contribution is 2.39.